The maximum absolute atomic E-state index is 6.42. The van der Waals surface area contributed by atoms with Crippen molar-refractivity contribution in [3.05, 3.63) is 27.7 Å². The molecule has 1 aromatic carbocycles. The molecule has 0 aromatic heterocycles. The van der Waals surface area contributed by atoms with Crippen molar-refractivity contribution in [1.29, 1.82) is 0 Å². The van der Waals surface area contributed by atoms with E-state index in [-0.39, 0.29) is 6.04 Å². The van der Waals surface area contributed by atoms with Crippen LogP contribution >= 0.6 is 23.2 Å². The number of halogens is 2. The van der Waals surface area contributed by atoms with Gasteiger partial charge < -0.3 is 15.1 Å². The highest BCUT2D eigenvalue weighted by Gasteiger charge is 2.37. The van der Waals surface area contributed by atoms with E-state index in [4.69, 9.17) is 27.9 Å². The molecule has 3 rings (SSSR count). The van der Waals surface area contributed by atoms with Crippen LogP contribution in [0.2, 0.25) is 10.0 Å². The zero-order valence-corrected chi connectivity index (χ0v) is 15.8. The highest BCUT2D eigenvalue weighted by Crippen LogP contribution is 2.39. The Labute approximate surface area is 154 Å². The lowest BCUT2D eigenvalue weighted by atomic mass is 9.86. The van der Waals surface area contributed by atoms with E-state index in [9.17, 15) is 0 Å². The number of hydrogen-bond acceptors (Lipinski definition) is 4. The van der Waals surface area contributed by atoms with Gasteiger partial charge in [-0.3, -0.25) is 0 Å². The molecule has 2 aliphatic rings. The van der Waals surface area contributed by atoms with Crippen LogP contribution < -0.4 is 10.2 Å². The molecule has 6 heteroatoms. The zero-order valence-electron chi connectivity index (χ0n) is 14.3. The predicted molar refractivity (Wildman–Crippen MR) is 100 cm³/mol. The van der Waals surface area contributed by atoms with E-state index in [0.717, 1.165) is 38.0 Å². The summed E-state index contributed by atoms with van der Waals surface area (Å²) in [6, 6.07) is 4.07. The third kappa shape index (κ3) is 3.66. The Kier molecular flexibility index (Phi) is 5.90. The number of piperidine rings is 1. The van der Waals surface area contributed by atoms with Crippen LogP contribution in [-0.4, -0.2) is 36.9 Å². The first-order chi connectivity index (χ1) is 11.6. The van der Waals surface area contributed by atoms with Crippen molar-refractivity contribution in [3.63, 3.8) is 0 Å². The molecule has 0 aliphatic carbocycles. The summed E-state index contributed by atoms with van der Waals surface area (Å²) < 4.78 is 5.67. The highest BCUT2D eigenvalue weighted by atomic mass is 35.5. The number of nitrogens with one attached hydrogen (secondary N) is 1. The molecule has 132 valence electrons. The average molecular weight is 370 g/mol. The second-order valence-corrected chi connectivity index (χ2v) is 7.34. The fraction of sp³-hybridized carbons (Fsp3) is 0.611. The van der Waals surface area contributed by atoms with Crippen molar-refractivity contribution in [1.82, 2.24) is 10.3 Å². The summed E-state index contributed by atoms with van der Waals surface area (Å²) in [5.41, 5.74) is 5.65. The molecule has 2 heterocycles. The van der Waals surface area contributed by atoms with E-state index < -0.39 is 0 Å². The van der Waals surface area contributed by atoms with Gasteiger partial charge in [0.1, 0.15) is 0 Å². The number of rotatable bonds is 6. The van der Waals surface area contributed by atoms with E-state index in [1.165, 1.54) is 12.1 Å². The van der Waals surface area contributed by atoms with E-state index in [1.807, 2.05) is 12.1 Å². The molecule has 2 unspecified atom stereocenters. The molecule has 2 atom stereocenters. The molecule has 1 N–H and O–H groups in total. The van der Waals surface area contributed by atoms with E-state index >= 15 is 0 Å². The third-order valence-electron chi connectivity index (χ3n) is 4.69. The Morgan fingerprint density at radius 3 is 2.67 bits per heavy atom. The van der Waals surface area contributed by atoms with Crippen LogP contribution in [0.25, 0.3) is 0 Å². The average Bonchev–Trinajstić information content (AvgIpc) is 2.97. The van der Waals surface area contributed by atoms with Crippen LogP contribution in [0.15, 0.2) is 17.2 Å². The van der Waals surface area contributed by atoms with Gasteiger partial charge in [-0.25, -0.2) is 0 Å². The minimum Gasteiger partial charge on any atom is -0.490 e. The molecular formula is C18H25Cl2N3O. The molecule has 24 heavy (non-hydrogen) atoms. The minimum absolute atomic E-state index is 0.134. The first kappa shape index (κ1) is 17.8. The SMILES string of the molecule is CCCOc1c(Cl)cc(C2NN=C3CCN(CCC)CC32)cc1Cl. The van der Waals surface area contributed by atoms with Crippen molar-refractivity contribution in [2.75, 3.05) is 26.2 Å². The first-order valence-electron chi connectivity index (χ1n) is 8.80. The quantitative estimate of drug-likeness (QED) is 0.800. The lowest BCUT2D eigenvalue weighted by molar-refractivity contribution is 0.228. The molecule has 4 nitrogen and oxygen atoms in total. The summed E-state index contributed by atoms with van der Waals surface area (Å²) in [6.45, 7) is 8.17. The van der Waals surface area contributed by atoms with Crippen LogP contribution in [-0.2, 0) is 0 Å². The number of hydrogen-bond donors (Lipinski definition) is 1. The number of ether oxygens (including phenoxy) is 1. The van der Waals surface area contributed by atoms with Crippen LogP contribution in [0.3, 0.4) is 0 Å². The summed E-state index contributed by atoms with van der Waals surface area (Å²) in [6.07, 6.45) is 3.14. The van der Waals surface area contributed by atoms with Crippen LogP contribution in [0.4, 0.5) is 0 Å². The molecule has 0 bridgehead atoms. The molecule has 0 radical (unpaired) electrons. The molecule has 1 aromatic rings. The van der Waals surface area contributed by atoms with Gasteiger partial charge in [0.2, 0.25) is 0 Å². The largest absolute Gasteiger partial charge is 0.490 e. The van der Waals surface area contributed by atoms with Crippen molar-refractivity contribution >= 4 is 28.9 Å². The number of benzene rings is 1. The van der Waals surface area contributed by atoms with Crippen LogP contribution in [0.1, 0.15) is 44.7 Å². The van der Waals surface area contributed by atoms with Gasteiger partial charge >= 0.3 is 0 Å². The topological polar surface area (TPSA) is 36.9 Å². The first-order valence-corrected chi connectivity index (χ1v) is 9.55. The van der Waals surface area contributed by atoms with E-state index in [1.54, 1.807) is 0 Å². The van der Waals surface area contributed by atoms with Crippen molar-refractivity contribution in [2.24, 2.45) is 11.0 Å². The maximum Gasteiger partial charge on any atom is 0.156 e. The minimum atomic E-state index is 0.134. The fourth-order valence-electron chi connectivity index (χ4n) is 3.54. The lowest BCUT2D eigenvalue weighted by Crippen LogP contribution is -2.42. The van der Waals surface area contributed by atoms with Crippen molar-refractivity contribution in [3.8, 4) is 5.75 Å². The molecule has 0 spiro atoms. The molecule has 2 aliphatic heterocycles. The van der Waals surface area contributed by atoms with Gasteiger partial charge in [-0.1, -0.05) is 37.0 Å². The molecule has 1 saturated heterocycles. The van der Waals surface area contributed by atoms with Gasteiger partial charge in [-0.2, -0.15) is 5.10 Å². The Hall–Kier alpha value is -0.970. The second kappa shape index (κ2) is 7.94. The van der Waals surface area contributed by atoms with Gasteiger partial charge in [0, 0.05) is 31.1 Å². The Morgan fingerprint density at radius 1 is 1.25 bits per heavy atom. The number of hydrazone groups is 1. The molecule has 0 amide bonds. The summed E-state index contributed by atoms with van der Waals surface area (Å²) in [5, 5.41) is 5.71. The summed E-state index contributed by atoms with van der Waals surface area (Å²) in [5.74, 6) is 0.971. The Morgan fingerprint density at radius 2 is 2.00 bits per heavy atom. The smallest absolute Gasteiger partial charge is 0.156 e. The standard InChI is InChI=1S/C18H25Cl2N3O/c1-3-6-23-7-5-16-13(11-23)17(22-21-16)12-9-14(19)18(15(20)10-12)24-8-4-2/h9-10,13,17,22H,3-8,11H2,1-2H3. The Balaban J connectivity index is 1.79. The molecule has 1 fully saturated rings. The van der Waals surface area contributed by atoms with Crippen molar-refractivity contribution in [2.45, 2.75) is 39.2 Å². The van der Waals surface area contributed by atoms with Gasteiger partial charge in [0.05, 0.1) is 22.7 Å². The van der Waals surface area contributed by atoms with Gasteiger partial charge in [0.25, 0.3) is 0 Å². The second-order valence-electron chi connectivity index (χ2n) is 6.53. The highest BCUT2D eigenvalue weighted by molar-refractivity contribution is 6.37. The molecular weight excluding hydrogens is 345 g/mol. The number of likely N-dealkylation sites (tertiary alicyclic amines) is 1. The third-order valence-corrected chi connectivity index (χ3v) is 5.25. The van der Waals surface area contributed by atoms with Gasteiger partial charge in [-0.15, -0.1) is 0 Å². The van der Waals surface area contributed by atoms with Crippen molar-refractivity contribution < 1.29 is 4.74 Å². The normalized spacial score (nSPS) is 23.6. The Bertz CT molecular complexity index is 597. The zero-order chi connectivity index (χ0) is 17.1. The summed E-state index contributed by atoms with van der Waals surface area (Å²) in [4.78, 5) is 2.52. The number of nitrogens with zero attached hydrogens (tertiary/aromatic N) is 2. The lowest BCUT2D eigenvalue weighted by Gasteiger charge is -2.33. The summed E-state index contributed by atoms with van der Waals surface area (Å²) >= 11 is 12.8. The molecule has 0 saturated carbocycles. The van der Waals surface area contributed by atoms with Gasteiger partial charge in [0.15, 0.2) is 5.75 Å². The fourth-order valence-corrected chi connectivity index (χ4v) is 4.15. The predicted octanol–water partition coefficient (Wildman–Crippen LogP) is 4.51. The monoisotopic (exact) mass is 369 g/mol. The number of fused-ring (bicyclic) bond motifs is 1. The van der Waals surface area contributed by atoms with E-state index in [2.05, 4.69) is 29.3 Å². The maximum atomic E-state index is 6.42. The van der Waals surface area contributed by atoms with Crippen LogP contribution in [0.5, 0.6) is 5.75 Å². The van der Waals surface area contributed by atoms with Crippen LogP contribution in [0, 0.1) is 5.92 Å². The van der Waals surface area contributed by atoms with E-state index in [0.29, 0.717) is 28.3 Å². The van der Waals surface area contributed by atoms with Gasteiger partial charge in [-0.05, 0) is 37.1 Å². The summed E-state index contributed by atoms with van der Waals surface area (Å²) in [7, 11) is 0.